The number of esters is 3. The van der Waals surface area contributed by atoms with Gasteiger partial charge in [-0.25, -0.2) is 4.79 Å². The van der Waals surface area contributed by atoms with Gasteiger partial charge in [-0.1, -0.05) is 33.8 Å². The Morgan fingerprint density at radius 2 is 1.93 bits per heavy atom. The minimum absolute atomic E-state index is 0.0449. The van der Waals surface area contributed by atoms with Gasteiger partial charge in [0.2, 0.25) is 0 Å². The fourth-order valence-electron chi connectivity index (χ4n) is 10.2. The van der Waals surface area contributed by atoms with Crippen molar-refractivity contribution in [3.05, 3.63) is 35.8 Å². The molecule has 3 aliphatic heterocycles. The highest BCUT2D eigenvalue weighted by molar-refractivity contribution is 5.87. The number of cyclic esters (lactones) is 1. The maximum atomic E-state index is 13.2. The molecule has 10 atom stereocenters. The lowest BCUT2D eigenvalue weighted by Gasteiger charge is -2.66. The van der Waals surface area contributed by atoms with Gasteiger partial charge in [-0.2, -0.15) is 0 Å². The Bertz CT molecular complexity index is 1300. The highest BCUT2D eigenvalue weighted by atomic mass is 16.7. The molecule has 1 N–H and O–H groups in total. The Morgan fingerprint density at radius 1 is 1.20 bits per heavy atom. The van der Waals surface area contributed by atoms with Crippen LogP contribution in [0.25, 0.3) is 0 Å². The molecule has 5 fully saturated rings. The first-order valence-electron chi connectivity index (χ1n) is 14.8. The molecule has 0 radical (unpaired) electrons. The molecule has 0 amide bonds. The van der Waals surface area contributed by atoms with Crippen molar-refractivity contribution in [2.75, 3.05) is 7.11 Å². The average molecular weight is 571 g/mol. The number of furan rings is 1. The summed E-state index contributed by atoms with van der Waals surface area (Å²) in [7, 11) is 1.36. The largest absolute Gasteiger partial charge is 0.472 e. The lowest BCUT2D eigenvalue weighted by molar-refractivity contribution is -0.320. The van der Waals surface area contributed by atoms with Crippen LogP contribution in [0, 0.1) is 39.9 Å². The molecule has 3 saturated heterocycles. The Morgan fingerprint density at radius 3 is 2.56 bits per heavy atom. The van der Waals surface area contributed by atoms with Crippen LogP contribution in [0.4, 0.5) is 0 Å². The third-order valence-electron chi connectivity index (χ3n) is 12.2. The molecule has 6 rings (SSSR count). The van der Waals surface area contributed by atoms with Crippen molar-refractivity contribution in [2.24, 2.45) is 39.9 Å². The molecule has 5 aliphatic rings. The second-order valence-corrected chi connectivity index (χ2v) is 14.1. The lowest BCUT2D eigenvalue weighted by atomic mass is 9.37. The molecule has 2 aliphatic carbocycles. The van der Waals surface area contributed by atoms with Crippen molar-refractivity contribution in [3.63, 3.8) is 0 Å². The van der Waals surface area contributed by atoms with Crippen LogP contribution in [-0.2, 0) is 33.3 Å². The number of carbonyl (C=O) groups is 3. The summed E-state index contributed by atoms with van der Waals surface area (Å²) < 4.78 is 29.7. The molecule has 10 unspecified atom stereocenters. The second kappa shape index (κ2) is 8.93. The molecular weight excluding hydrogens is 528 g/mol. The van der Waals surface area contributed by atoms with E-state index in [1.165, 1.54) is 7.11 Å². The predicted molar refractivity (Wildman–Crippen MR) is 145 cm³/mol. The summed E-state index contributed by atoms with van der Waals surface area (Å²) in [5, 5.41) is 12.8. The first kappa shape index (κ1) is 28.5. The first-order valence-corrected chi connectivity index (χ1v) is 14.8. The Balaban J connectivity index is 1.50. The maximum absolute atomic E-state index is 13.2. The van der Waals surface area contributed by atoms with Gasteiger partial charge >= 0.3 is 17.9 Å². The average Bonchev–Trinajstić information content (AvgIpc) is 3.61. The van der Waals surface area contributed by atoms with Crippen LogP contribution in [0.15, 0.2) is 34.7 Å². The van der Waals surface area contributed by atoms with Crippen molar-refractivity contribution >= 4 is 17.9 Å². The molecular formula is C32H42O9. The number of fused-ring (bicyclic) bond motifs is 2. The van der Waals surface area contributed by atoms with E-state index in [2.05, 4.69) is 6.92 Å². The topological polar surface area (TPSA) is 122 Å². The quantitative estimate of drug-likeness (QED) is 0.300. The zero-order chi connectivity index (χ0) is 29.8. The van der Waals surface area contributed by atoms with Crippen LogP contribution in [-0.4, -0.2) is 47.6 Å². The number of hydrogen-bond acceptors (Lipinski definition) is 9. The normalized spacial score (nSPS) is 45.9. The summed E-state index contributed by atoms with van der Waals surface area (Å²) in [6, 6.07) is 1.83. The number of methoxy groups -OCH3 is 1. The lowest BCUT2D eigenvalue weighted by Crippen LogP contribution is -2.72. The summed E-state index contributed by atoms with van der Waals surface area (Å²) in [6.07, 6.45) is 5.78. The van der Waals surface area contributed by atoms with E-state index in [-0.39, 0.29) is 36.6 Å². The van der Waals surface area contributed by atoms with Gasteiger partial charge in [0.25, 0.3) is 0 Å². The van der Waals surface area contributed by atoms with Gasteiger partial charge in [0, 0.05) is 39.7 Å². The van der Waals surface area contributed by atoms with Crippen LogP contribution in [0.1, 0.15) is 85.3 Å². The summed E-state index contributed by atoms with van der Waals surface area (Å²) in [6.45, 7) is 11.7. The Hall–Kier alpha value is -2.65. The van der Waals surface area contributed by atoms with Crippen LogP contribution >= 0.6 is 0 Å². The predicted octanol–water partition coefficient (Wildman–Crippen LogP) is 4.88. The number of aliphatic hydroxyl groups is 1. The highest BCUT2D eigenvalue weighted by Gasteiger charge is 2.87. The zero-order valence-electron chi connectivity index (χ0n) is 25.0. The number of rotatable bonds is 5. The van der Waals surface area contributed by atoms with Crippen LogP contribution in [0.2, 0.25) is 0 Å². The molecule has 224 valence electrons. The van der Waals surface area contributed by atoms with Gasteiger partial charge in [0.1, 0.15) is 12.2 Å². The number of hydrogen-bond donors (Lipinski definition) is 1. The second-order valence-electron chi connectivity index (χ2n) is 14.1. The van der Waals surface area contributed by atoms with E-state index >= 15 is 0 Å². The van der Waals surface area contributed by atoms with Gasteiger partial charge in [-0.3, -0.25) is 9.59 Å². The van der Waals surface area contributed by atoms with E-state index in [0.29, 0.717) is 12.0 Å². The smallest absolute Gasteiger partial charge is 0.333 e. The molecule has 2 bridgehead atoms. The Labute approximate surface area is 240 Å². The summed E-state index contributed by atoms with van der Waals surface area (Å²) >= 11 is 0. The molecule has 41 heavy (non-hydrogen) atoms. The van der Waals surface area contributed by atoms with Crippen molar-refractivity contribution < 1.29 is 42.9 Å². The van der Waals surface area contributed by atoms with Gasteiger partial charge < -0.3 is 28.5 Å². The zero-order valence-corrected chi connectivity index (χ0v) is 25.0. The van der Waals surface area contributed by atoms with Crippen molar-refractivity contribution in [2.45, 2.75) is 97.2 Å². The Kier molecular flexibility index (Phi) is 6.20. The molecule has 1 aromatic heterocycles. The molecule has 4 heterocycles. The minimum Gasteiger partial charge on any atom is -0.472 e. The molecule has 1 aromatic rings. The van der Waals surface area contributed by atoms with E-state index in [4.69, 9.17) is 23.4 Å². The highest BCUT2D eigenvalue weighted by Crippen LogP contribution is 2.81. The number of allylic oxidation sites excluding steroid dienone is 1. The molecule has 1 spiro atoms. The third kappa shape index (κ3) is 3.45. The first-order chi connectivity index (χ1) is 19.2. The summed E-state index contributed by atoms with van der Waals surface area (Å²) in [5.41, 5.74) is -1.62. The van der Waals surface area contributed by atoms with Gasteiger partial charge in [-0.05, 0) is 51.0 Å². The summed E-state index contributed by atoms with van der Waals surface area (Å²) in [5.74, 6) is -4.19. The molecule has 9 nitrogen and oxygen atoms in total. The standard InChI is InChI=1S/C32H42O9/c1-8-17(2)27(35)40-26-19-15-31-20(30(6,32(19,36)41-31)21(28(26,3)4)13-23(33)37-7)9-11-29(5)22(31)14-24(34)39-25(29)18-10-12-38-16-18/h8,10,12,16,19-22,25-26,36H,9,11,13-15H2,1-7H3. The van der Waals surface area contributed by atoms with Gasteiger partial charge in [0.15, 0.2) is 5.79 Å². The van der Waals surface area contributed by atoms with E-state index in [9.17, 15) is 19.5 Å². The van der Waals surface area contributed by atoms with Crippen molar-refractivity contribution in [1.29, 1.82) is 0 Å². The van der Waals surface area contributed by atoms with Gasteiger partial charge in [-0.15, -0.1) is 0 Å². The van der Waals surface area contributed by atoms with Crippen molar-refractivity contribution in [3.8, 4) is 0 Å². The minimum atomic E-state index is -1.67. The maximum Gasteiger partial charge on any atom is 0.333 e. The van der Waals surface area contributed by atoms with Crippen LogP contribution < -0.4 is 0 Å². The number of carbonyl (C=O) groups excluding carboxylic acids is 3. The fraction of sp³-hybridized carbons (Fsp3) is 0.719. The van der Waals surface area contributed by atoms with E-state index < -0.39 is 57.6 Å². The monoisotopic (exact) mass is 570 g/mol. The van der Waals surface area contributed by atoms with Gasteiger partial charge in [0.05, 0.1) is 37.6 Å². The third-order valence-corrected chi connectivity index (χ3v) is 12.2. The van der Waals surface area contributed by atoms with Crippen molar-refractivity contribution in [1.82, 2.24) is 0 Å². The summed E-state index contributed by atoms with van der Waals surface area (Å²) in [4.78, 5) is 39.3. The van der Waals surface area contributed by atoms with E-state index in [1.807, 2.05) is 26.8 Å². The fourth-order valence-corrected chi connectivity index (χ4v) is 10.2. The van der Waals surface area contributed by atoms with E-state index in [1.54, 1.807) is 32.4 Å². The number of ether oxygens (including phenoxy) is 4. The van der Waals surface area contributed by atoms with E-state index in [0.717, 1.165) is 18.4 Å². The molecule has 9 heteroatoms. The van der Waals surface area contributed by atoms with Crippen LogP contribution in [0.3, 0.4) is 0 Å². The molecule has 2 saturated carbocycles. The van der Waals surface area contributed by atoms with Crippen LogP contribution in [0.5, 0.6) is 0 Å². The SMILES string of the molecule is CC=C(C)C(=O)OC1C2CC34OC2(O)C(C)(C(CC(=O)OC)C1(C)C)C3CCC1(C)C(c2ccoc2)OC(=O)CC14. The molecule has 0 aromatic carbocycles.